The smallest absolute Gasteiger partial charge is 0.242 e. The van der Waals surface area contributed by atoms with Crippen molar-refractivity contribution < 1.29 is 22.7 Å². The van der Waals surface area contributed by atoms with Crippen molar-refractivity contribution in [2.75, 3.05) is 37.3 Å². The molecule has 0 spiro atoms. The van der Waals surface area contributed by atoms with E-state index in [2.05, 4.69) is 5.32 Å². The summed E-state index contributed by atoms with van der Waals surface area (Å²) in [5.74, 6) is 0.406. The highest BCUT2D eigenvalue weighted by molar-refractivity contribution is 7.92. The highest BCUT2D eigenvalue weighted by Crippen LogP contribution is 2.29. The van der Waals surface area contributed by atoms with Crippen molar-refractivity contribution in [3.63, 3.8) is 0 Å². The van der Waals surface area contributed by atoms with Gasteiger partial charge in [-0.05, 0) is 42.9 Å². The molecule has 0 unspecified atom stereocenters. The maximum atomic E-state index is 13.5. The van der Waals surface area contributed by atoms with Gasteiger partial charge in [0, 0.05) is 26.1 Å². The predicted molar refractivity (Wildman–Crippen MR) is 148 cm³/mol. The molecule has 1 N–H and O–H groups in total. The van der Waals surface area contributed by atoms with Crippen molar-refractivity contribution in [3.8, 4) is 5.75 Å². The Hall–Kier alpha value is -3.07. The van der Waals surface area contributed by atoms with Crippen molar-refractivity contribution in [2.24, 2.45) is 5.92 Å². The third-order valence-corrected chi connectivity index (χ3v) is 7.24. The fourth-order valence-corrected chi connectivity index (χ4v) is 5.11. The topological polar surface area (TPSA) is 96.0 Å². The number of hydrogen-bond acceptors (Lipinski definition) is 5. The van der Waals surface area contributed by atoms with Crippen LogP contribution in [-0.4, -0.2) is 64.2 Å². The first kappa shape index (κ1) is 30.2. The van der Waals surface area contributed by atoms with E-state index in [9.17, 15) is 18.0 Å². The minimum atomic E-state index is -3.60. The number of carbonyl (C=O) groups is 2. The van der Waals surface area contributed by atoms with Crippen LogP contribution in [0.2, 0.25) is 0 Å². The van der Waals surface area contributed by atoms with Crippen LogP contribution in [0.1, 0.15) is 45.6 Å². The lowest BCUT2D eigenvalue weighted by Gasteiger charge is -2.31. The molecule has 37 heavy (non-hydrogen) atoms. The van der Waals surface area contributed by atoms with Crippen LogP contribution in [-0.2, 0) is 26.0 Å². The number of amides is 2. The first-order chi connectivity index (χ1) is 17.6. The molecule has 0 saturated heterocycles. The minimum absolute atomic E-state index is 0.115. The molecule has 0 aromatic heterocycles. The number of rotatable bonds is 15. The Bertz CT molecular complexity index is 1110. The monoisotopic (exact) mass is 531 g/mol. The van der Waals surface area contributed by atoms with Crippen molar-refractivity contribution in [1.29, 1.82) is 0 Å². The highest BCUT2D eigenvalue weighted by atomic mass is 32.2. The fourth-order valence-electron chi connectivity index (χ4n) is 4.14. The zero-order valence-corrected chi connectivity index (χ0v) is 23.5. The summed E-state index contributed by atoms with van der Waals surface area (Å²) in [6, 6.07) is 16.1. The summed E-state index contributed by atoms with van der Waals surface area (Å²) in [7, 11) is -2.11. The summed E-state index contributed by atoms with van der Waals surface area (Å²) >= 11 is 0. The quantitative estimate of drug-likeness (QED) is 0.377. The van der Waals surface area contributed by atoms with Crippen LogP contribution >= 0.6 is 0 Å². The number of hydrogen-bond donors (Lipinski definition) is 1. The normalized spacial score (nSPS) is 12.2. The molecule has 2 rings (SSSR count). The van der Waals surface area contributed by atoms with Gasteiger partial charge in [0.2, 0.25) is 21.8 Å². The lowest BCUT2D eigenvalue weighted by atomic mass is 10.1. The van der Waals surface area contributed by atoms with Crippen molar-refractivity contribution in [1.82, 2.24) is 10.2 Å². The number of para-hydroxylation sites is 2. The Kier molecular flexibility index (Phi) is 11.9. The number of ether oxygens (including phenoxy) is 1. The summed E-state index contributed by atoms with van der Waals surface area (Å²) in [4.78, 5) is 28.1. The molecule has 2 aromatic carbocycles. The second-order valence-electron chi connectivity index (χ2n) is 9.50. The maximum Gasteiger partial charge on any atom is 0.242 e. The van der Waals surface area contributed by atoms with Gasteiger partial charge in [-0.2, -0.15) is 0 Å². The molecule has 0 heterocycles. The lowest BCUT2D eigenvalue weighted by molar-refractivity contribution is -0.140. The van der Waals surface area contributed by atoms with Crippen LogP contribution in [0.15, 0.2) is 54.6 Å². The van der Waals surface area contributed by atoms with E-state index in [1.165, 1.54) is 11.4 Å². The first-order valence-electron chi connectivity index (χ1n) is 12.8. The number of nitrogens with one attached hydrogen (secondary N) is 1. The van der Waals surface area contributed by atoms with Gasteiger partial charge in [0.15, 0.2) is 0 Å². The molecular formula is C28H41N3O5S. The fraction of sp³-hybridized carbons (Fsp3) is 0.500. The van der Waals surface area contributed by atoms with E-state index in [1.54, 1.807) is 29.2 Å². The molecule has 0 aliphatic carbocycles. The molecule has 0 aliphatic heterocycles. The van der Waals surface area contributed by atoms with Gasteiger partial charge in [-0.3, -0.25) is 13.9 Å². The Balaban J connectivity index is 2.18. The average Bonchev–Trinajstić information content (AvgIpc) is 2.87. The molecule has 0 radical (unpaired) electrons. The van der Waals surface area contributed by atoms with Gasteiger partial charge in [-0.15, -0.1) is 0 Å². The van der Waals surface area contributed by atoms with E-state index in [4.69, 9.17) is 4.74 Å². The molecular weight excluding hydrogens is 490 g/mol. The summed E-state index contributed by atoms with van der Waals surface area (Å²) in [5, 5.41) is 2.96. The lowest BCUT2D eigenvalue weighted by Crippen LogP contribution is -2.50. The van der Waals surface area contributed by atoms with Crippen LogP contribution in [0, 0.1) is 5.92 Å². The van der Waals surface area contributed by atoms with Gasteiger partial charge in [0.05, 0.1) is 19.1 Å². The molecule has 2 amide bonds. The van der Waals surface area contributed by atoms with Crippen molar-refractivity contribution in [3.05, 3.63) is 60.2 Å². The van der Waals surface area contributed by atoms with Gasteiger partial charge in [-0.25, -0.2) is 8.42 Å². The molecule has 0 bridgehead atoms. The van der Waals surface area contributed by atoms with E-state index < -0.39 is 16.1 Å². The van der Waals surface area contributed by atoms with E-state index in [1.807, 2.05) is 51.1 Å². The van der Waals surface area contributed by atoms with Crippen LogP contribution in [0.25, 0.3) is 0 Å². The number of benzene rings is 2. The molecule has 9 heteroatoms. The predicted octanol–water partition coefficient (Wildman–Crippen LogP) is 3.86. The Labute approximate surface area is 222 Å². The third-order valence-electron chi connectivity index (χ3n) is 6.06. The maximum absolute atomic E-state index is 13.5. The Morgan fingerprint density at radius 1 is 1.00 bits per heavy atom. The van der Waals surface area contributed by atoms with E-state index in [-0.39, 0.29) is 24.8 Å². The molecule has 0 aliphatic rings. The second kappa shape index (κ2) is 14.6. The van der Waals surface area contributed by atoms with Gasteiger partial charge in [-0.1, -0.05) is 63.2 Å². The van der Waals surface area contributed by atoms with Gasteiger partial charge in [0.1, 0.15) is 11.8 Å². The minimum Gasteiger partial charge on any atom is -0.495 e. The number of anilines is 1. The standard InChI is InChI=1S/C28H41N3O5S/c1-6-24(28(33)29-21-22(2)3)30(20-18-23-13-8-7-9-14-23)27(32)17-12-19-31(37(5,34)35)25-15-10-11-16-26(25)36-4/h7-11,13-16,22,24H,6,12,17-21H2,1-5H3,(H,29,33)/t24-/m1/s1. The molecule has 1 atom stereocenters. The average molecular weight is 532 g/mol. The third kappa shape index (κ3) is 9.39. The molecule has 0 fully saturated rings. The molecule has 8 nitrogen and oxygen atoms in total. The second-order valence-corrected chi connectivity index (χ2v) is 11.4. The van der Waals surface area contributed by atoms with E-state index in [0.717, 1.165) is 11.8 Å². The zero-order valence-electron chi connectivity index (χ0n) is 22.6. The molecule has 204 valence electrons. The summed E-state index contributed by atoms with van der Waals surface area (Å²) in [6.45, 7) is 7.00. The number of carbonyl (C=O) groups excluding carboxylic acids is 2. The summed E-state index contributed by atoms with van der Waals surface area (Å²) in [5.41, 5.74) is 1.51. The molecule has 2 aromatic rings. The van der Waals surface area contributed by atoms with Crippen LogP contribution in [0.5, 0.6) is 5.75 Å². The van der Waals surface area contributed by atoms with Gasteiger partial charge in [0.25, 0.3) is 0 Å². The van der Waals surface area contributed by atoms with E-state index in [0.29, 0.717) is 49.7 Å². The molecule has 0 saturated carbocycles. The van der Waals surface area contributed by atoms with Gasteiger partial charge < -0.3 is 15.0 Å². The summed E-state index contributed by atoms with van der Waals surface area (Å²) in [6.07, 6.45) is 2.66. The van der Waals surface area contributed by atoms with E-state index >= 15 is 0 Å². The largest absolute Gasteiger partial charge is 0.495 e. The number of sulfonamides is 1. The van der Waals surface area contributed by atoms with Crippen LogP contribution in [0.3, 0.4) is 0 Å². The first-order valence-corrected chi connectivity index (χ1v) is 14.6. The van der Waals surface area contributed by atoms with Crippen molar-refractivity contribution in [2.45, 2.75) is 52.5 Å². The Morgan fingerprint density at radius 3 is 2.24 bits per heavy atom. The Morgan fingerprint density at radius 2 is 1.65 bits per heavy atom. The van der Waals surface area contributed by atoms with Gasteiger partial charge >= 0.3 is 0 Å². The number of methoxy groups -OCH3 is 1. The highest BCUT2D eigenvalue weighted by Gasteiger charge is 2.28. The summed E-state index contributed by atoms with van der Waals surface area (Å²) < 4.78 is 31.7. The zero-order chi connectivity index (χ0) is 27.4. The van der Waals surface area contributed by atoms with Crippen LogP contribution in [0.4, 0.5) is 5.69 Å². The number of nitrogens with zero attached hydrogens (tertiary/aromatic N) is 2. The van der Waals surface area contributed by atoms with Crippen molar-refractivity contribution >= 4 is 27.5 Å². The SMILES string of the molecule is CC[C@H](C(=O)NCC(C)C)N(CCc1ccccc1)C(=O)CCCN(c1ccccc1OC)S(C)(=O)=O. The van der Waals surface area contributed by atoms with Crippen LogP contribution < -0.4 is 14.4 Å².